The molecule has 0 bridgehead atoms. The molecule has 0 aliphatic rings. The number of rotatable bonds is 6. The predicted octanol–water partition coefficient (Wildman–Crippen LogP) is 1.97. The Hall–Kier alpha value is -0.940. The van der Waals surface area contributed by atoms with E-state index in [9.17, 15) is 4.79 Å². The zero-order chi connectivity index (χ0) is 13.8. The molecular formula is C13H23N3OS. The molecule has 0 saturated heterocycles. The minimum Gasteiger partial charge on any atom is -0.344 e. The van der Waals surface area contributed by atoms with Crippen molar-refractivity contribution in [3.8, 4) is 0 Å². The van der Waals surface area contributed by atoms with Crippen molar-refractivity contribution in [1.82, 2.24) is 9.88 Å². The maximum atomic E-state index is 12.2. The summed E-state index contributed by atoms with van der Waals surface area (Å²) in [7, 11) is 1.81. The number of aromatic nitrogens is 1. The zero-order valence-electron chi connectivity index (χ0n) is 11.7. The molecule has 1 amide bonds. The summed E-state index contributed by atoms with van der Waals surface area (Å²) in [6.07, 6.45) is 4.29. The number of nitrogens with zero attached hydrogens (tertiary/aromatic N) is 2. The van der Waals surface area contributed by atoms with Crippen LogP contribution in [0.5, 0.6) is 0 Å². The fraction of sp³-hybridized carbons (Fsp3) is 0.692. The molecular weight excluding hydrogens is 246 g/mol. The first-order valence-electron chi connectivity index (χ1n) is 6.32. The minimum atomic E-state index is -0.748. The Kier molecular flexibility index (Phi) is 5.28. The van der Waals surface area contributed by atoms with Crippen molar-refractivity contribution in [3.63, 3.8) is 0 Å². The van der Waals surface area contributed by atoms with E-state index in [-0.39, 0.29) is 5.91 Å². The van der Waals surface area contributed by atoms with E-state index in [4.69, 9.17) is 5.73 Å². The van der Waals surface area contributed by atoms with Crippen LogP contribution in [0.15, 0.2) is 6.20 Å². The van der Waals surface area contributed by atoms with Crippen molar-refractivity contribution >= 4 is 17.2 Å². The summed E-state index contributed by atoms with van der Waals surface area (Å²) in [4.78, 5) is 19.4. The number of aryl methyl sites for hydroxylation is 1. The second kappa shape index (κ2) is 6.29. The maximum Gasteiger partial charge on any atom is 0.242 e. The maximum absolute atomic E-state index is 12.2. The van der Waals surface area contributed by atoms with Gasteiger partial charge in [-0.25, -0.2) is 4.98 Å². The zero-order valence-corrected chi connectivity index (χ0v) is 12.5. The Morgan fingerprint density at radius 2 is 2.28 bits per heavy atom. The number of carbonyl (C=O) groups excluding carboxylic acids is 1. The Morgan fingerprint density at radius 1 is 1.61 bits per heavy atom. The van der Waals surface area contributed by atoms with E-state index in [1.807, 2.05) is 34.0 Å². The van der Waals surface area contributed by atoms with E-state index in [0.29, 0.717) is 13.0 Å². The van der Waals surface area contributed by atoms with Gasteiger partial charge in [-0.05, 0) is 20.3 Å². The Bertz CT molecular complexity index is 401. The van der Waals surface area contributed by atoms with Crippen LogP contribution in [-0.2, 0) is 11.2 Å². The van der Waals surface area contributed by atoms with Gasteiger partial charge in [-0.3, -0.25) is 4.79 Å². The molecule has 5 heteroatoms. The highest BCUT2D eigenvalue weighted by Crippen LogP contribution is 2.14. The topological polar surface area (TPSA) is 59.2 Å². The molecule has 1 atom stereocenters. The highest BCUT2D eigenvalue weighted by atomic mass is 32.1. The quantitative estimate of drug-likeness (QED) is 0.859. The molecule has 0 aliphatic carbocycles. The summed E-state index contributed by atoms with van der Waals surface area (Å²) >= 11 is 1.68. The van der Waals surface area contributed by atoms with Crippen molar-refractivity contribution in [2.24, 2.45) is 5.73 Å². The summed E-state index contributed by atoms with van der Waals surface area (Å²) in [6.45, 7) is 6.55. The summed E-state index contributed by atoms with van der Waals surface area (Å²) in [5.41, 5.74) is 5.29. The van der Waals surface area contributed by atoms with Gasteiger partial charge in [0.15, 0.2) is 0 Å². The van der Waals surface area contributed by atoms with Crippen LogP contribution in [0.2, 0.25) is 0 Å². The molecule has 1 rings (SSSR count). The Balaban J connectivity index is 2.50. The summed E-state index contributed by atoms with van der Waals surface area (Å²) in [5, 5.41) is 1.07. The number of hydrogen-bond acceptors (Lipinski definition) is 4. The van der Waals surface area contributed by atoms with Crippen molar-refractivity contribution in [2.45, 2.75) is 45.6 Å². The first-order chi connectivity index (χ1) is 8.36. The molecule has 1 unspecified atom stereocenters. The number of hydrogen-bond donors (Lipinski definition) is 1. The van der Waals surface area contributed by atoms with Crippen LogP contribution in [0, 0.1) is 6.92 Å². The van der Waals surface area contributed by atoms with Gasteiger partial charge < -0.3 is 10.6 Å². The molecule has 102 valence electrons. The van der Waals surface area contributed by atoms with E-state index in [2.05, 4.69) is 4.98 Å². The smallest absolute Gasteiger partial charge is 0.242 e. The van der Waals surface area contributed by atoms with E-state index in [1.165, 1.54) is 4.88 Å². The fourth-order valence-corrected chi connectivity index (χ4v) is 2.72. The second-order valence-electron chi connectivity index (χ2n) is 5.01. The van der Waals surface area contributed by atoms with Gasteiger partial charge in [0.25, 0.3) is 0 Å². The van der Waals surface area contributed by atoms with Gasteiger partial charge in [-0.1, -0.05) is 13.3 Å². The number of amides is 1. The molecule has 0 aromatic carbocycles. The molecule has 0 saturated carbocycles. The van der Waals surface area contributed by atoms with Crippen molar-refractivity contribution in [1.29, 1.82) is 0 Å². The average molecular weight is 269 g/mol. The largest absolute Gasteiger partial charge is 0.344 e. The third-order valence-electron chi connectivity index (χ3n) is 2.93. The van der Waals surface area contributed by atoms with Crippen LogP contribution < -0.4 is 5.73 Å². The molecule has 0 radical (unpaired) electrons. The summed E-state index contributed by atoms with van der Waals surface area (Å²) in [5.74, 6) is 0.0117. The normalized spacial score (nSPS) is 14.3. The minimum absolute atomic E-state index is 0.0117. The first-order valence-corrected chi connectivity index (χ1v) is 7.14. The average Bonchev–Trinajstić information content (AvgIpc) is 2.71. The molecule has 1 heterocycles. The number of likely N-dealkylation sites (N-methyl/N-ethyl adjacent to an activating group) is 1. The fourth-order valence-electron chi connectivity index (χ4n) is 1.94. The van der Waals surface area contributed by atoms with Crippen LogP contribution in [0.25, 0.3) is 0 Å². The number of thiazole rings is 1. The molecule has 2 N–H and O–H groups in total. The Labute approximate surface area is 113 Å². The lowest BCUT2D eigenvalue weighted by molar-refractivity contribution is -0.135. The van der Waals surface area contributed by atoms with E-state index in [1.54, 1.807) is 16.2 Å². The van der Waals surface area contributed by atoms with Crippen LogP contribution in [-0.4, -0.2) is 34.9 Å². The number of carbonyl (C=O) groups is 1. The molecule has 4 nitrogen and oxygen atoms in total. The molecule has 0 spiro atoms. The molecule has 18 heavy (non-hydrogen) atoms. The lowest BCUT2D eigenvalue weighted by Crippen LogP contribution is -2.52. The highest BCUT2D eigenvalue weighted by molar-refractivity contribution is 7.11. The van der Waals surface area contributed by atoms with Gasteiger partial charge >= 0.3 is 0 Å². The summed E-state index contributed by atoms with van der Waals surface area (Å²) < 4.78 is 0. The van der Waals surface area contributed by atoms with Crippen LogP contribution in [0.1, 0.15) is 36.6 Å². The van der Waals surface area contributed by atoms with Gasteiger partial charge in [0, 0.05) is 31.1 Å². The third kappa shape index (κ3) is 4.07. The monoisotopic (exact) mass is 269 g/mol. The van der Waals surface area contributed by atoms with Crippen molar-refractivity contribution in [2.75, 3.05) is 13.6 Å². The second-order valence-corrected chi connectivity index (χ2v) is 6.33. The van der Waals surface area contributed by atoms with Gasteiger partial charge in [-0.2, -0.15) is 0 Å². The molecule has 1 aromatic rings. The lowest BCUT2D eigenvalue weighted by Gasteiger charge is -2.28. The van der Waals surface area contributed by atoms with E-state index >= 15 is 0 Å². The molecule has 0 fully saturated rings. The van der Waals surface area contributed by atoms with Crippen molar-refractivity contribution in [3.05, 3.63) is 16.1 Å². The predicted molar refractivity (Wildman–Crippen MR) is 75.7 cm³/mol. The standard InChI is InChI=1S/C13H23N3OS/c1-5-7-13(3,14)12(17)16(4)8-6-11-15-9-10(2)18-11/h9H,5-8,14H2,1-4H3. The van der Waals surface area contributed by atoms with Gasteiger partial charge in [0.1, 0.15) is 0 Å². The van der Waals surface area contributed by atoms with Crippen LogP contribution >= 0.6 is 11.3 Å². The van der Waals surface area contributed by atoms with Crippen LogP contribution in [0.4, 0.5) is 0 Å². The van der Waals surface area contributed by atoms with Crippen molar-refractivity contribution < 1.29 is 4.79 Å². The highest BCUT2D eigenvalue weighted by Gasteiger charge is 2.29. The van der Waals surface area contributed by atoms with Gasteiger partial charge in [0.05, 0.1) is 10.5 Å². The number of nitrogens with two attached hydrogens (primary N) is 1. The van der Waals surface area contributed by atoms with Gasteiger partial charge in [0.2, 0.25) is 5.91 Å². The Morgan fingerprint density at radius 3 is 2.78 bits per heavy atom. The first kappa shape index (κ1) is 15.1. The molecule has 1 aromatic heterocycles. The summed E-state index contributed by atoms with van der Waals surface area (Å²) in [6, 6.07) is 0. The third-order valence-corrected chi connectivity index (χ3v) is 3.91. The lowest BCUT2D eigenvalue weighted by atomic mass is 9.96. The van der Waals surface area contributed by atoms with Gasteiger partial charge in [-0.15, -0.1) is 11.3 Å². The molecule has 0 aliphatic heterocycles. The SMILES string of the molecule is CCCC(C)(N)C(=O)N(C)CCc1ncc(C)s1. The van der Waals surface area contributed by atoms with E-state index in [0.717, 1.165) is 17.8 Å². The van der Waals surface area contributed by atoms with Crippen LogP contribution in [0.3, 0.4) is 0 Å². The van der Waals surface area contributed by atoms with E-state index < -0.39 is 5.54 Å².